The zero-order chi connectivity index (χ0) is 24.5. The SMILES string of the molecule is CCN(CC)Cc1ccc(N=C(c2ccc3[nH]c(=O)oc3c2)c2c(O)[nH]c3cc(Cl)ccc23)cc1. The van der Waals surface area contributed by atoms with Crippen molar-refractivity contribution in [3.63, 3.8) is 0 Å². The maximum atomic E-state index is 11.7. The van der Waals surface area contributed by atoms with Gasteiger partial charge in [-0.25, -0.2) is 9.79 Å². The molecule has 0 aliphatic rings. The van der Waals surface area contributed by atoms with Gasteiger partial charge in [0.2, 0.25) is 0 Å². The highest BCUT2D eigenvalue weighted by Crippen LogP contribution is 2.33. The van der Waals surface area contributed by atoms with Crippen molar-refractivity contribution in [1.29, 1.82) is 0 Å². The molecule has 0 radical (unpaired) electrons. The van der Waals surface area contributed by atoms with Gasteiger partial charge < -0.3 is 14.5 Å². The summed E-state index contributed by atoms with van der Waals surface area (Å²) in [6.07, 6.45) is 0. The Bertz CT molecular complexity index is 1590. The molecule has 178 valence electrons. The Balaban J connectivity index is 1.65. The Kier molecular flexibility index (Phi) is 6.19. The van der Waals surface area contributed by atoms with Gasteiger partial charge >= 0.3 is 5.76 Å². The second kappa shape index (κ2) is 9.44. The van der Waals surface area contributed by atoms with Crippen molar-refractivity contribution in [3.8, 4) is 5.88 Å². The molecule has 0 amide bonds. The number of nitrogens with zero attached hydrogens (tertiary/aromatic N) is 2. The summed E-state index contributed by atoms with van der Waals surface area (Å²) in [5, 5.41) is 12.2. The van der Waals surface area contributed by atoms with Crippen LogP contribution in [0.15, 0.2) is 74.9 Å². The third-order valence-electron chi connectivity index (χ3n) is 6.15. The van der Waals surface area contributed by atoms with Crippen LogP contribution in [0, 0.1) is 0 Å². The lowest BCUT2D eigenvalue weighted by Crippen LogP contribution is -2.21. The number of aromatic amines is 2. The topological polar surface area (TPSA) is 97.6 Å². The number of oxazole rings is 1. The standard InChI is InChI=1S/C27H25ClN4O3/c1-3-32(4-2)15-16-5-9-19(10-6-16)29-25(17-7-12-21-23(13-17)35-27(34)31-21)24-20-11-8-18(28)14-22(20)30-26(24)33/h5-14,30,33H,3-4,15H2,1-2H3,(H,31,34). The van der Waals surface area contributed by atoms with E-state index in [1.54, 1.807) is 24.3 Å². The molecule has 3 N–H and O–H groups in total. The molecule has 0 saturated carbocycles. The van der Waals surface area contributed by atoms with Gasteiger partial charge in [-0.3, -0.25) is 9.88 Å². The number of aromatic hydroxyl groups is 1. The Morgan fingerprint density at radius 3 is 2.51 bits per heavy atom. The molecule has 5 rings (SSSR count). The molecule has 8 heteroatoms. The van der Waals surface area contributed by atoms with E-state index in [-0.39, 0.29) is 5.88 Å². The second-order valence-electron chi connectivity index (χ2n) is 8.35. The van der Waals surface area contributed by atoms with E-state index in [0.29, 0.717) is 38.5 Å². The monoisotopic (exact) mass is 488 g/mol. The maximum absolute atomic E-state index is 11.7. The first kappa shape index (κ1) is 23.0. The molecule has 0 aliphatic carbocycles. The fourth-order valence-corrected chi connectivity index (χ4v) is 4.44. The van der Waals surface area contributed by atoms with E-state index in [4.69, 9.17) is 21.0 Å². The van der Waals surface area contributed by atoms with Gasteiger partial charge in [0.1, 0.15) is 0 Å². The number of halogens is 1. The van der Waals surface area contributed by atoms with Crippen molar-refractivity contribution in [1.82, 2.24) is 14.9 Å². The zero-order valence-corrected chi connectivity index (χ0v) is 20.2. The van der Waals surface area contributed by atoms with E-state index in [9.17, 15) is 9.90 Å². The van der Waals surface area contributed by atoms with E-state index in [0.717, 1.165) is 30.7 Å². The third kappa shape index (κ3) is 4.60. The Hall–Kier alpha value is -3.81. The molecule has 2 heterocycles. The summed E-state index contributed by atoms with van der Waals surface area (Å²) < 4.78 is 5.28. The zero-order valence-electron chi connectivity index (χ0n) is 19.4. The van der Waals surface area contributed by atoms with Gasteiger partial charge in [-0.15, -0.1) is 0 Å². The minimum atomic E-state index is -0.524. The van der Waals surface area contributed by atoms with E-state index < -0.39 is 5.76 Å². The van der Waals surface area contributed by atoms with Gasteiger partial charge in [0.25, 0.3) is 0 Å². The molecule has 7 nitrogen and oxygen atoms in total. The van der Waals surface area contributed by atoms with Crippen molar-refractivity contribution >= 4 is 45.0 Å². The van der Waals surface area contributed by atoms with Crippen LogP contribution in [0.2, 0.25) is 5.02 Å². The highest BCUT2D eigenvalue weighted by Gasteiger charge is 2.20. The van der Waals surface area contributed by atoms with Crippen molar-refractivity contribution in [2.75, 3.05) is 13.1 Å². The molecule has 0 saturated heterocycles. The first-order valence-electron chi connectivity index (χ1n) is 11.5. The lowest BCUT2D eigenvalue weighted by Gasteiger charge is -2.17. The van der Waals surface area contributed by atoms with Crippen LogP contribution >= 0.6 is 11.6 Å². The van der Waals surface area contributed by atoms with Gasteiger partial charge in [-0.2, -0.15) is 0 Å². The van der Waals surface area contributed by atoms with Gasteiger partial charge in [-0.1, -0.05) is 49.7 Å². The smallest absolute Gasteiger partial charge is 0.417 e. The third-order valence-corrected chi connectivity index (χ3v) is 6.39. The molecular formula is C27H25ClN4O3. The molecular weight excluding hydrogens is 464 g/mol. The molecule has 3 aromatic carbocycles. The summed E-state index contributed by atoms with van der Waals surface area (Å²) in [6.45, 7) is 7.15. The molecule has 2 aromatic heterocycles. The van der Waals surface area contributed by atoms with Crippen molar-refractivity contribution in [2.24, 2.45) is 4.99 Å². The molecule has 0 bridgehead atoms. The van der Waals surface area contributed by atoms with Crippen LogP contribution in [-0.2, 0) is 6.54 Å². The Morgan fingerprint density at radius 1 is 1.00 bits per heavy atom. The summed E-state index contributed by atoms with van der Waals surface area (Å²) in [5.41, 5.74) is 5.42. The van der Waals surface area contributed by atoms with Crippen LogP contribution in [0.25, 0.3) is 22.0 Å². The second-order valence-corrected chi connectivity index (χ2v) is 8.79. The van der Waals surface area contributed by atoms with E-state index in [1.165, 1.54) is 5.56 Å². The minimum absolute atomic E-state index is 0.0187. The Labute approximate surface area is 206 Å². The summed E-state index contributed by atoms with van der Waals surface area (Å²) in [4.78, 5) is 24.6. The first-order valence-corrected chi connectivity index (χ1v) is 11.9. The fraction of sp³-hybridized carbons (Fsp3) is 0.185. The highest BCUT2D eigenvalue weighted by molar-refractivity contribution is 6.31. The number of aromatic nitrogens is 2. The average Bonchev–Trinajstić information content (AvgIpc) is 3.38. The number of benzene rings is 3. The van der Waals surface area contributed by atoms with Crippen LogP contribution < -0.4 is 5.76 Å². The lowest BCUT2D eigenvalue weighted by molar-refractivity contribution is 0.296. The van der Waals surface area contributed by atoms with Crippen molar-refractivity contribution < 1.29 is 9.52 Å². The molecule has 0 atom stereocenters. The number of fused-ring (bicyclic) bond motifs is 2. The lowest BCUT2D eigenvalue weighted by atomic mass is 10.0. The fourth-order valence-electron chi connectivity index (χ4n) is 4.26. The molecule has 5 aromatic rings. The van der Waals surface area contributed by atoms with Crippen molar-refractivity contribution in [2.45, 2.75) is 20.4 Å². The number of hydrogen-bond acceptors (Lipinski definition) is 5. The molecule has 0 aliphatic heterocycles. The van der Waals surface area contributed by atoms with E-state index >= 15 is 0 Å². The van der Waals surface area contributed by atoms with Crippen molar-refractivity contribution in [3.05, 3.63) is 92.9 Å². The summed E-state index contributed by atoms with van der Waals surface area (Å²) >= 11 is 6.17. The van der Waals surface area contributed by atoms with E-state index in [2.05, 4.69) is 40.8 Å². The number of nitrogens with one attached hydrogen (secondary N) is 2. The van der Waals surface area contributed by atoms with Gasteiger partial charge in [-0.05, 0) is 55.1 Å². The number of rotatable bonds is 7. The largest absolute Gasteiger partial charge is 0.494 e. The summed E-state index contributed by atoms with van der Waals surface area (Å²) in [7, 11) is 0. The van der Waals surface area contributed by atoms with E-state index in [1.807, 2.05) is 24.3 Å². The molecule has 35 heavy (non-hydrogen) atoms. The summed E-state index contributed by atoms with van der Waals surface area (Å²) in [5.74, 6) is -0.543. The molecule has 0 unspecified atom stereocenters. The number of aliphatic imine (C=N–C) groups is 1. The molecule has 0 fully saturated rings. The quantitative estimate of drug-likeness (QED) is 0.246. The van der Waals surface area contributed by atoms with Crippen LogP contribution in [0.5, 0.6) is 5.88 Å². The minimum Gasteiger partial charge on any atom is -0.494 e. The maximum Gasteiger partial charge on any atom is 0.417 e. The van der Waals surface area contributed by atoms with Gasteiger partial charge in [0.15, 0.2) is 11.5 Å². The Morgan fingerprint density at radius 2 is 1.77 bits per heavy atom. The predicted octanol–water partition coefficient (Wildman–Crippen LogP) is 5.97. The first-order chi connectivity index (χ1) is 16.9. The van der Waals surface area contributed by atoms with Crippen LogP contribution in [0.3, 0.4) is 0 Å². The number of H-pyrrole nitrogens is 2. The molecule has 0 spiro atoms. The van der Waals surface area contributed by atoms with Crippen LogP contribution in [-0.4, -0.2) is 38.8 Å². The number of hydrogen-bond donors (Lipinski definition) is 3. The summed E-state index contributed by atoms with van der Waals surface area (Å²) in [6, 6.07) is 18.8. The average molecular weight is 489 g/mol. The van der Waals surface area contributed by atoms with Crippen LogP contribution in [0.4, 0.5) is 5.69 Å². The normalized spacial score (nSPS) is 12.3. The van der Waals surface area contributed by atoms with Crippen LogP contribution in [0.1, 0.15) is 30.5 Å². The van der Waals surface area contributed by atoms with Gasteiger partial charge in [0.05, 0.1) is 28.0 Å². The van der Waals surface area contributed by atoms with Gasteiger partial charge in [0, 0.05) is 22.5 Å². The predicted molar refractivity (Wildman–Crippen MR) is 140 cm³/mol. The highest BCUT2D eigenvalue weighted by atomic mass is 35.5.